The summed E-state index contributed by atoms with van der Waals surface area (Å²) in [6, 6.07) is 9.72. The summed E-state index contributed by atoms with van der Waals surface area (Å²) in [6.07, 6.45) is 5.65. The zero-order chi connectivity index (χ0) is 41.8. The van der Waals surface area contributed by atoms with E-state index in [1.807, 2.05) is 12.2 Å². The largest absolute Gasteiger partial charge is 0.493 e. The Morgan fingerprint density at radius 2 is 1.77 bits per heavy atom. The van der Waals surface area contributed by atoms with Crippen molar-refractivity contribution >= 4 is 23.9 Å². The van der Waals surface area contributed by atoms with Crippen LogP contribution in [0.3, 0.4) is 0 Å². The number of amides is 1. The summed E-state index contributed by atoms with van der Waals surface area (Å²) in [5, 5.41) is 50.5. The molecule has 0 aromatic heterocycles. The number of aryl methyl sites for hydroxylation is 1. The van der Waals surface area contributed by atoms with Crippen LogP contribution in [0.4, 0.5) is 13.2 Å². The van der Waals surface area contributed by atoms with Gasteiger partial charge in [0.1, 0.15) is 13.2 Å². The second kappa shape index (κ2) is 24.2. The number of hydrogen-bond donors (Lipinski definition) is 6. The van der Waals surface area contributed by atoms with Crippen molar-refractivity contribution in [3.63, 3.8) is 0 Å². The number of nitrogens with zero attached hydrogens (tertiary/aromatic N) is 1. The number of halogens is 3. The van der Waals surface area contributed by atoms with E-state index in [1.165, 1.54) is 25.3 Å². The van der Waals surface area contributed by atoms with E-state index < -0.39 is 53.3 Å². The third-order valence-electron chi connectivity index (χ3n) is 9.03. The fourth-order valence-corrected chi connectivity index (χ4v) is 6.08. The number of rotatable bonds is 23. The molecule has 3 rings (SSSR count). The maximum Gasteiger partial charge on any atom is 0.416 e. The Bertz CT molecular complexity index is 1670. The molecule has 1 aliphatic rings. The molecule has 57 heavy (non-hydrogen) atoms. The van der Waals surface area contributed by atoms with Gasteiger partial charge in [0.25, 0.3) is 0 Å². The van der Waals surface area contributed by atoms with Gasteiger partial charge in [0.2, 0.25) is 5.91 Å². The molecule has 1 aliphatic carbocycles. The highest BCUT2D eigenvalue weighted by Crippen LogP contribution is 2.36. The van der Waals surface area contributed by atoms with Gasteiger partial charge in [-0.25, -0.2) is 4.79 Å². The Morgan fingerprint density at radius 1 is 0.982 bits per heavy atom. The lowest BCUT2D eigenvalue weighted by atomic mass is 9.89. The standard InChI is InChI=1S/C40H51F3N2O12/c1-54-36-24-28(10-7-21-55-38(50)14-8-22-56-45(52)53)16-20-35(36)57-39(51)26-44-37(49)13-5-3-2-4-12-31-32(34(48)25-33(31)47)19-18-30(46)17-15-27-9-6-11-29(23-27)40(41,42)43/h2,4,6-7,9-11,16,18-20,23-24,30-34,46-48,52-53H,3,5,8,12-15,17,21-22,25-26H2,1H3,(H,44,49)/b4-2-,10-7+,19-18+/t30-,31+,32+,33-,34+/m0/s1. The van der Waals surface area contributed by atoms with E-state index in [0.29, 0.717) is 30.4 Å². The first-order chi connectivity index (χ1) is 27.2. The van der Waals surface area contributed by atoms with Crippen molar-refractivity contribution in [1.29, 1.82) is 0 Å². The molecule has 2 aromatic rings. The molecule has 0 radical (unpaired) electrons. The Kier molecular flexibility index (Phi) is 19.9. The van der Waals surface area contributed by atoms with Crippen LogP contribution in [0.1, 0.15) is 68.1 Å². The van der Waals surface area contributed by atoms with Crippen molar-refractivity contribution in [1.82, 2.24) is 10.7 Å². The molecule has 6 N–H and O–H groups in total. The SMILES string of the molecule is COc1cc(/C=C/COC(=O)CCCON(O)O)ccc1OC(=O)CNC(=O)CCC/C=C\C[C@@H]1[C@@H](/C=C/[C@@H](O)CCc2cccc(C(F)(F)F)c2)[C@H](O)C[C@@H]1O. The Labute approximate surface area is 328 Å². The van der Waals surface area contributed by atoms with Crippen LogP contribution in [-0.4, -0.2) is 94.1 Å². The lowest BCUT2D eigenvalue weighted by Crippen LogP contribution is -2.31. The second-order valence-corrected chi connectivity index (χ2v) is 13.3. The summed E-state index contributed by atoms with van der Waals surface area (Å²) >= 11 is 0. The number of nitrogens with one attached hydrogen (secondary N) is 1. The molecule has 314 valence electrons. The predicted octanol–water partition coefficient (Wildman–Crippen LogP) is 5.11. The number of carbonyl (C=O) groups excluding carboxylic acids is 3. The number of aliphatic hydroxyl groups excluding tert-OH is 3. The van der Waals surface area contributed by atoms with Gasteiger partial charge in [0.05, 0.1) is 43.0 Å². The van der Waals surface area contributed by atoms with Crippen LogP contribution in [0.25, 0.3) is 6.08 Å². The number of hydrogen-bond acceptors (Lipinski definition) is 13. The van der Waals surface area contributed by atoms with Gasteiger partial charge in [0.15, 0.2) is 11.5 Å². The normalized spacial score (nSPS) is 19.1. The lowest BCUT2D eigenvalue weighted by Gasteiger charge is -2.19. The molecule has 0 bridgehead atoms. The molecule has 0 saturated heterocycles. The average Bonchev–Trinajstić information content (AvgIpc) is 3.44. The van der Waals surface area contributed by atoms with E-state index in [-0.39, 0.29) is 81.6 Å². The first-order valence-corrected chi connectivity index (χ1v) is 18.5. The van der Waals surface area contributed by atoms with Crippen molar-refractivity contribution in [2.75, 3.05) is 26.9 Å². The number of alkyl halides is 3. The predicted molar refractivity (Wildman–Crippen MR) is 198 cm³/mol. The van der Waals surface area contributed by atoms with E-state index in [1.54, 1.807) is 36.4 Å². The van der Waals surface area contributed by atoms with Crippen LogP contribution in [0.2, 0.25) is 0 Å². The number of carbonyl (C=O) groups is 3. The summed E-state index contributed by atoms with van der Waals surface area (Å²) in [6.45, 7) is -0.458. The maximum absolute atomic E-state index is 13.0. The molecular weight excluding hydrogens is 757 g/mol. The summed E-state index contributed by atoms with van der Waals surface area (Å²) in [4.78, 5) is 40.8. The third-order valence-corrected chi connectivity index (χ3v) is 9.03. The molecule has 0 heterocycles. The van der Waals surface area contributed by atoms with Crippen molar-refractivity contribution in [2.24, 2.45) is 11.8 Å². The van der Waals surface area contributed by atoms with Gasteiger partial charge in [-0.1, -0.05) is 54.6 Å². The van der Waals surface area contributed by atoms with Gasteiger partial charge in [-0.15, -0.1) is 0 Å². The molecule has 0 unspecified atom stereocenters. The monoisotopic (exact) mass is 808 g/mol. The minimum Gasteiger partial charge on any atom is -0.493 e. The summed E-state index contributed by atoms with van der Waals surface area (Å²) in [5.41, 5.74) is 0.370. The van der Waals surface area contributed by atoms with Gasteiger partial charge in [-0.2, -0.15) is 13.2 Å². The zero-order valence-corrected chi connectivity index (χ0v) is 31.6. The Morgan fingerprint density at radius 3 is 2.51 bits per heavy atom. The Balaban J connectivity index is 1.34. The molecule has 17 heteroatoms. The van der Waals surface area contributed by atoms with E-state index in [0.717, 1.165) is 12.1 Å². The third kappa shape index (κ3) is 17.6. The van der Waals surface area contributed by atoms with E-state index in [4.69, 9.17) is 24.6 Å². The van der Waals surface area contributed by atoms with E-state index >= 15 is 0 Å². The number of methoxy groups -OCH3 is 1. The number of esters is 2. The molecule has 1 saturated carbocycles. The fraction of sp³-hybridized carbons (Fsp3) is 0.475. The van der Waals surface area contributed by atoms with Crippen LogP contribution in [0.15, 0.2) is 72.8 Å². The van der Waals surface area contributed by atoms with E-state index in [9.17, 15) is 42.9 Å². The van der Waals surface area contributed by atoms with Gasteiger partial charge < -0.3 is 34.8 Å². The highest BCUT2D eigenvalue weighted by molar-refractivity contribution is 5.83. The molecule has 5 atom stereocenters. The van der Waals surface area contributed by atoms with E-state index in [2.05, 4.69) is 10.2 Å². The molecular formula is C40H51F3N2O12. The average molecular weight is 809 g/mol. The van der Waals surface area contributed by atoms with Crippen LogP contribution in [0.5, 0.6) is 11.5 Å². The van der Waals surface area contributed by atoms with Gasteiger partial charge in [-0.05, 0) is 79.8 Å². The zero-order valence-electron chi connectivity index (χ0n) is 31.6. The highest BCUT2D eigenvalue weighted by atomic mass is 19.4. The van der Waals surface area contributed by atoms with Crippen LogP contribution in [0, 0.1) is 11.8 Å². The quantitative estimate of drug-likeness (QED) is 0.0285. The van der Waals surface area contributed by atoms with Gasteiger partial charge >= 0.3 is 18.1 Å². The van der Waals surface area contributed by atoms with Gasteiger partial charge in [0, 0.05) is 25.2 Å². The van der Waals surface area contributed by atoms with Gasteiger partial charge in [-0.3, -0.25) is 24.8 Å². The van der Waals surface area contributed by atoms with Crippen molar-refractivity contribution < 1.29 is 72.3 Å². The second-order valence-electron chi connectivity index (χ2n) is 13.3. The number of allylic oxidation sites excluding steroid dienone is 2. The fourth-order valence-electron chi connectivity index (χ4n) is 6.08. The number of aliphatic hydroxyl groups is 3. The molecule has 0 aliphatic heterocycles. The van der Waals surface area contributed by atoms with Crippen molar-refractivity contribution in [3.8, 4) is 11.5 Å². The minimum atomic E-state index is -4.45. The van der Waals surface area contributed by atoms with Crippen LogP contribution >= 0.6 is 0 Å². The summed E-state index contributed by atoms with van der Waals surface area (Å²) in [7, 11) is 1.40. The maximum atomic E-state index is 13.0. The summed E-state index contributed by atoms with van der Waals surface area (Å²) < 4.78 is 54.7. The van der Waals surface area contributed by atoms with Crippen molar-refractivity contribution in [2.45, 2.75) is 82.3 Å². The smallest absolute Gasteiger partial charge is 0.416 e. The topological polar surface area (TPSA) is 205 Å². The number of ether oxygens (including phenoxy) is 3. The Hall–Kier alpha value is -4.62. The molecule has 2 aromatic carbocycles. The summed E-state index contributed by atoms with van der Waals surface area (Å²) in [5.74, 6) is -1.90. The molecule has 1 fully saturated rings. The molecule has 1 amide bonds. The van der Waals surface area contributed by atoms with Crippen LogP contribution < -0.4 is 14.8 Å². The minimum absolute atomic E-state index is 0.00941. The number of unbranched alkanes of at least 4 members (excludes halogenated alkanes) is 1. The first-order valence-electron chi connectivity index (χ1n) is 18.5. The van der Waals surface area contributed by atoms with Crippen LogP contribution in [-0.2, 0) is 36.6 Å². The first kappa shape index (κ1) is 46.8. The lowest BCUT2D eigenvalue weighted by molar-refractivity contribution is -0.492. The van der Waals surface area contributed by atoms with Crippen molar-refractivity contribution in [3.05, 3.63) is 89.5 Å². The highest BCUT2D eigenvalue weighted by Gasteiger charge is 2.39. The molecule has 0 spiro atoms. The molecule has 14 nitrogen and oxygen atoms in total. The number of benzene rings is 2.